The van der Waals surface area contributed by atoms with Crippen LogP contribution in [0.15, 0.2) is 72.0 Å². The topological polar surface area (TPSA) is 69.0 Å². The summed E-state index contributed by atoms with van der Waals surface area (Å²) in [6.07, 6.45) is 3.98. The van der Waals surface area contributed by atoms with Crippen LogP contribution in [0.3, 0.4) is 0 Å². The Hall–Kier alpha value is -3.32. The predicted octanol–water partition coefficient (Wildman–Crippen LogP) is 4.67. The Balaban J connectivity index is 1.33. The third-order valence-electron chi connectivity index (χ3n) is 5.47. The van der Waals surface area contributed by atoms with Gasteiger partial charge in [-0.1, -0.05) is 36.0 Å². The summed E-state index contributed by atoms with van der Waals surface area (Å²) in [4.78, 5) is 21.6. The summed E-state index contributed by atoms with van der Waals surface area (Å²) < 4.78 is 7.42. The third-order valence-corrected chi connectivity index (χ3v) is 6.51. The zero-order chi connectivity index (χ0) is 21.9. The van der Waals surface area contributed by atoms with Crippen LogP contribution in [0.4, 0.5) is 0 Å². The van der Waals surface area contributed by atoms with Gasteiger partial charge in [0.15, 0.2) is 10.8 Å². The summed E-state index contributed by atoms with van der Waals surface area (Å²) >= 11 is 1.67. The number of pyridine rings is 1. The Morgan fingerprint density at radius 2 is 1.84 bits per heavy atom. The number of amides is 1. The zero-order valence-corrected chi connectivity index (χ0v) is 18.6. The summed E-state index contributed by atoms with van der Waals surface area (Å²) in [6, 6.07) is 20.2. The van der Waals surface area contributed by atoms with Crippen molar-refractivity contribution in [2.24, 2.45) is 0 Å². The molecule has 5 rings (SSSR count). The minimum atomic E-state index is 0.0130. The van der Waals surface area contributed by atoms with Gasteiger partial charge in [0.1, 0.15) is 11.3 Å². The number of nitrogens with one attached hydrogen (secondary N) is 1. The Morgan fingerprint density at radius 1 is 1.09 bits per heavy atom. The maximum Gasteiger partial charge on any atom is 0.251 e. The van der Waals surface area contributed by atoms with Gasteiger partial charge in [-0.05, 0) is 60.4 Å². The minimum Gasteiger partial charge on any atom is -0.497 e. The fourth-order valence-electron chi connectivity index (χ4n) is 3.50. The quantitative estimate of drug-likeness (QED) is 0.400. The molecule has 1 saturated carbocycles. The van der Waals surface area contributed by atoms with Gasteiger partial charge >= 0.3 is 0 Å². The molecular weight excluding hydrogens is 420 g/mol. The number of hydrogen-bond acceptors (Lipinski definition) is 5. The molecule has 0 spiro atoms. The molecule has 6 nitrogen and oxygen atoms in total. The zero-order valence-electron chi connectivity index (χ0n) is 17.8. The molecule has 0 aliphatic heterocycles. The van der Waals surface area contributed by atoms with E-state index in [9.17, 15) is 4.79 Å². The van der Waals surface area contributed by atoms with Gasteiger partial charge in [-0.15, -0.1) is 0 Å². The number of methoxy groups -OCH3 is 1. The number of carbonyl (C=O) groups excluding carboxylic acids is 1. The lowest BCUT2D eigenvalue weighted by atomic mass is 10.1. The van der Waals surface area contributed by atoms with Crippen molar-refractivity contribution in [2.75, 3.05) is 7.11 Å². The molecule has 0 unspecified atom stereocenters. The van der Waals surface area contributed by atoms with E-state index < -0.39 is 0 Å². The van der Waals surface area contributed by atoms with E-state index in [1.165, 1.54) is 0 Å². The highest BCUT2D eigenvalue weighted by Gasteiger charge is 2.23. The molecule has 1 aliphatic carbocycles. The molecule has 0 radical (unpaired) electrons. The first-order valence-electron chi connectivity index (χ1n) is 10.7. The van der Waals surface area contributed by atoms with E-state index in [1.807, 2.05) is 48.5 Å². The predicted molar refractivity (Wildman–Crippen MR) is 126 cm³/mol. The van der Waals surface area contributed by atoms with Crippen molar-refractivity contribution in [1.82, 2.24) is 19.9 Å². The number of carbonyl (C=O) groups is 1. The maximum atomic E-state index is 12.2. The first-order chi connectivity index (χ1) is 15.7. The summed E-state index contributed by atoms with van der Waals surface area (Å²) in [7, 11) is 1.67. The Morgan fingerprint density at radius 3 is 2.56 bits per heavy atom. The molecule has 0 saturated heterocycles. The van der Waals surface area contributed by atoms with E-state index in [0.717, 1.165) is 51.8 Å². The van der Waals surface area contributed by atoms with Crippen LogP contribution in [0, 0.1) is 0 Å². The molecular formula is C25H24N4O2S. The first kappa shape index (κ1) is 20.6. The number of thioether (sulfide) groups is 1. The summed E-state index contributed by atoms with van der Waals surface area (Å²) in [5.41, 5.74) is 4.77. The molecule has 0 bridgehead atoms. The second kappa shape index (κ2) is 9.04. The number of imidazole rings is 1. The Kier molecular flexibility index (Phi) is 5.81. The lowest BCUT2D eigenvalue weighted by molar-refractivity contribution is 0.0951. The molecule has 1 amide bonds. The normalized spacial score (nSPS) is 13.3. The molecule has 1 aliphatic rings. The second-order valence-electron chi connectivity index (χ2n) is 7.91. The van der Waals surface area contributed by atoms with Gasteiger partial charge in [-0.3, -0.25) is 9.36 Å². The molecule has 7 heteroatoms. The van der Waals surface area contributed by atoms with Crippen molar-refractivity contribution in [1.29, 1.82) is 0 Å². The van der Waals surface area contributed by atoms with Gasteiger partial charge in [0.25, 0.3) is 5.91 Å². The van der Waals surface area contributed by atoms with Crippen LogP contribution in [0.2, 0.25) is 0 Å². The number of rotatable bonds is 8. The number of aromatic nitrogens is 3. The average molecular weight is 445 g/mol. The van der Waals surface area contributed by atoms with Crippen molar-refractivity contribution in [3.8, 4) is 5.75 Å². The van der Waals surface area contributed by atoms with Gasteiger partial charge in [0.2, 0.25) is 0 Å². The standard InChI is InChI=1S/C25H24N4O2S/c1-31-21-12-6-17(7-13-21)15-29-23-22(3-2-14-26-23)28-25(29)32-16-18-4-8-19(9-5-18)24(30)27-20-10-11-20/h2-9,12-14,20H,10-11,15-16H2,1H3,(H,27,30). The molecule has 1 N–H and O–H groups in total. The highest BCUT2D eigenvalue weighted by atomic mass is 32.2. The minimum absolute atomic E-state index is 0.0130. The van der Waals surface area contributed by atoms with Crippen LogP contribution >= 0.6 is 11.8 Å². The number of hydrogen-bond donors (Lipinski definition) is 1. The van der Waals surface area contributed by atoms with Crippen molar-refractivity contribution in [3.05, 3.63) is 83.6 Å². The summed E-state index contributed by atoms with van der Waals surface area (Å²) in [6.45, 7) is 0.681. The number of ether oxygens (including phenoxy) is 1. The molecule has 4 aromatic rings. The Labute approximate surface area is 191 Å². The lowest BCUT2D eigenvalue weighted by Gasteiger charge is -2.10. The van der Waals surface area contributed by atoms with Crippen molar-refractivity contribution in [3.63, 3.8) is 0 Å². The molecule has 2 aromatic carbocycles. The van der Waals surface area contributed by atoms with Crippen LogP contribution in [-0.2, 0) is 12.3 Å². The van der Waals surface area contributed by atoms with E-state index in [-0.39, 0.29) is 5.91 Å². The average Bonchev–Trinajstić information content (AvgIpc) is 3.58. The highest BCUT2D eigenvalue weighted by Crippen LogP contribution is 2.27. The van der Waals surface area contributed by atoms with Crippen LogP contribution in [0.25, 0.3) is 11.2 Å². The molecule has 1 fully saturated rings. The van der Waals surface area contributed by atoms with Gasteiger partial charge < -0.3 is 10.1 Å². The fourth-order valence-corrected chi connectivity index (χ4v) is 4.46. The molecule has 2 heterocycles. The van der Waals surface area contributed by atoms with E-state index in [1.54, 1.807) is 25.1 Å². The summed E-state index contributed by atoms with van der Waals surface area (Å²) in [5, 5.41) is 3.95. The number of nitrogens with zero attached hydrogens (tertiary/aromatic N) is 3. The maximum absolute atomic E-state index is 12.2. The van der Waals surface area contributed by atoms with Gasteiger partial charge in [-0.2, -0.15) is 0 Å². The second-order valence-corrected chi connectivity index (χ2v) is 8.85. The van der Waals surface area contributed by atoms with E-state index in [2.05, 4.69) is 27.0 Å². The van der Waals surface area contributed by atoms with Crippen LogP contribution in [0.5, 0.6) is 5.75 Å². The van der Waals surface area contributed by atoms with E-state index in [0.29, 0.717) is 18.2 Å². The Bertz CT molecular complexity index is 1230. The van der Waals surface area contributed by atoms with Crippen molar-refractivity contribution in [2.45, 2.75) is 36.3 Å². The lowest BCUT2D eigenvalue weighted by Crippen LogP contribution is -2.25. The van der Waals surface area contributed by atoms with Crippen molar-refractivity contribution < 1.29 is 9.53 Å². The molecule has 32 heavy (non-hydrogen) atoms. The van der Waals surface area contributed by atoms with Gasteiger partial charge in [0, 0.05) is 23.6 Å². The van der Waals surface area contributed by atoms with E-state index in [4.69, 9.17) is 9.72 Å². The first-order valence-corrected chi connectivity index (χ1v) is 11.6. The van der Waals surface area contributed by atoms with Crippen LogP contribution in [0.1, 0.15) is 34.3 Å². The monoisotopic (exact) mass is 444 g/mol. The summed E-state index contributed by atoms with van der Waals surface area (Å²) in [5.74, 6) is 1.61. The SMILES string of the molecule is COc1ccc(Cn2c(SCc3ccc(C(=O)NC4CC4)cc3)nc3cccnc32)cc1. The molecule has 162 valence electrons. The van der Waals surface area contributed by atoms with Gasteiger partial charge in [-0.25, -0.2) is 9.97 Å². The third kappa shape index (κ3) is 4.62. The number of benzene rings is 2. The molecule has 0 atom stereocenters. The van der Waals surface area contributed by atoms with Crippen molar-refractivity contribution >= 4 is 28.8 Å². The highest BCUT2D eigenvalue weighted by molar-refractivity contribution is 7.98. The van der Waals surface area contributed by atoms with Gasteiger partial charge in [0.05, 0.1) is 13.7 Å². The molecule has 2 aromatic heterocycles. The van der Waals surface area contributed by atoms with Crippen LogP contribution in [-0.4, -0.2) is 33.6 Å². The number of fused-ring (bicyclic) bond motifs is 1. The fraction of sp³-hybridized carbons (Fsp3) is 0.240. The van der Waals surface area contributed by atoms with E-state index >= 15 is 0 Å². The largest absolute Gasteiger partial charge is 0.497 e. The smallest absolute Gasteiger partial charge is 0.251 e. The van der Waals surface area contributed by atoms with Crippen LogP contribution < -0.4 is 10.1 Å².